The van der Waals surface area contributed by atoms with Gasteiger partial charge in [0.2, 0.25) is 0 Å². The highest BCUT2D eigenvalue weighted by atomic mass is 16.4. The number of aromatic nitrogens is 1. The number of aryl methyl sites for hydroxylation is 1. The molecule has 0 amide bonds. The van der Waals surface area contributed by atoms with Gasteiger partial charge in [-0.3, -0.25) is 0 Å². The van der Waals surface area contributed by atoms with Gasteiger partial charge in [-0.15, -0.1) is 0 Å². The molecule has 21 heavy (non-hydrogen) atoms. The number of carbonyl (C=O) groups is 1. The second kappa shape index (κ2) is 8.62. The molecule has 1 rings (SSSR count). The highest BCUT2D eigenvalue weighted by molar-refractivity contribution is 5.87. The first-order valence-electron chi connectivity index (χ1n) is 7.70. The Morgan fingerprint density at radius 2 is 1.86 bits per heavy atom. The molecule has 0 aliphatic rings. The lowest BCUT2D eigenvalue weighted by Gasteiger charge is -2.25. The molecule has 0 aromatic carbocycles. The molecule has 0 spiro atoms. The minimum absolute atomic E-state index is 0.246. The fourth-order valence-electron chi connectivity index (χ4n) is 2.45. The Bertz CT molecular complexity index is 459. The van der Waals surface area contributed by atoms with Gasteiger partial charge in [-0.1, -0.05) is 13.8 Å². The Morgan fingerprint density at radius 1 is 1.19 bits per heavy atom. The zero-order valence-corrected chi connectivity index (χ0v) is 13.6. The number of carboxylic acids is 1. The van der Waals surface area contributed by atoms with E-state index in [1.807, 2.05) is 6.92 Å². The van der Waals surface area contributed by atoms with Gasteiger partial charge in [-0.25, -0.2) is 9.78 Å². The SMILES string of the molecule is CCN(CC)CCCN(CC)c1ncc(C(=O)O)cc1C. The number of aromatic carboxylic acids is 1. The molecule has 0 radical (unpaired) electrons. The van der Waals surface area contributed by atoms with E-state index in [-0.39, 0.29) is 5.56 Å². The van der Waals surface area contributed by atoms with Gasteiger partial charge in [0.1, 0.15) is 5.82 Å². The van der Waals surface area contributed by atoms with E-state index in [9.17, 15) is 4.79 Å². The van der Waals surface area contributed by atoms with Crippen molar-refractivity contribution < 1.29 is 9.90 Å². The van der Waals surface area contributed by atoms with Gasteiger partial charge in [0, 0.05) is 19.3 Å². The van der Waals surface area contributed by atoms with E-state index >= 15 is 0 Å². The van der Waals surface area contributed by atoms with Crippen molar-refractivity contribution in [3.63, 3.8) is 0 Å². The van der Waals surface area contributed by atoms with Crippen LogP contribution in [0.25, 0.3) is 0 Å². The predicted molar refractivity (Wildman–Crippen MR) is 86.2 cm³/mol. The molecule has 5 nitrogen and oxygen atoms in total. The maximum atomic E-state index is 11.0. The highest BCUT2D eigenvalue weighted by Crippen LogP contribution is 2.18. The van der Waals surface area contributed by atoms with Crippen molar-refractivity contribution in [2.45, 2.75) is 34.1 Å². The maximum Gasteiger partial charge on any atom is 0.337 e. The van der Waals surface area contributed by atoms with E-state index in [2.05, 4.69) is 35.6 Å². The van der Waals surface area contributed by atoms with Crippen LogP contribution in [0.3, 0.4) is 0 Å². The van der Waals surface area contributed by atoms with E-state index in [4.69, 9.17) is 5.11 Å². The fourth-order valence-corrected chi connectivity index (χ4v) is 2.45. The van der Waals surface area contributed by atoms with Crippen molar-refractivity contribution in [2.24, 2.45) is 0 Å². The fraction of sp³-hybridized carbons (Fsp3) is 0.625. The number of hydrogen-bond acceptors (Lipinski definition) is 4. The molecule has 0 atom stereocenters. The van der Waals surface area contributed by atoms with Crippen molar-refractivity contribution in [2.75, 3.05) is 37.6 Å². The van der Waals surface area contributed by atoms with Crippen LogP contribution >= 0.6 is 0 Å². The van der Waals surface area contributed by atoms with Crippen LogP contribution in [0.15, 0.2) is 12.3 Å². The van der Waals surface area contributed by atoms with Crippen LogP contribution in [0, 0.1) is 6.92 Å². The Labute approximate surface area is 127 Å². The molecule has 1 aromatic rings. The monoisotopic (exact) mass is 293 g/mol. The topological polar surface area (TPSA) is 56.7 Å². The molecule has 0 aliphatic carbocycles. The second-order valence-corrected chi connectivity index (χ2v) is 5.13. The average Bonchev–Trinajstić information content (AvgIpc) is 2.48. The Morgan fingerprint density at radius 3 is 2.33 bits per heavy atom. The van der Waals surface area contributed by atoms with Crippen LogP contribution in [-0.4, -0.2) is 53.7 Å². The van der Waals surface area contributed by atoms with E-state index in [0.29, 0.717) is 0 Å². The quantitative estimate of drug-likeness (QED) is 0.758. The Kier molecular flexibility index (Phi) is 7.15. The molecular weight excluding hydrogens is 266 g/mol. The average molecular weight is 293 g/mol. The lowest BCUT2D eigenvalue weighted by atomic mass is 10.2. The molecule has 0 saturated heterocycles. The van der Waals surface area contributed by atoms with Crippen molar-refractivity contribution in [1.29, 1.82) is 0 Å². The smallest absolute Gasteiger partial charge is 0.337 e. The number of pyridine rings is 1. The van der Waals surface area contributed by atoms with Crippen LogP contribution in [-0.2, 0) is 0 Å². The van der Waals surface area contributed by atoms with Crippen molar-refractivity contribution in [3.8, 4) is 0 Å². The van der Waals surface area contributed by atoms with Crippen LogP contribution in [0.5, 0.6) is 0 Å². The number of nitrogens with zero attached hydrogens (tertiary/aromatic N) is 3. The van der Waals surface area contributed by atoms with Gasteiger partial charge in [0.15, 0.2) is 0 Å². The van der Waals surface area contributed by atoms with E-state index in [1.165, 1.54) is 6.20 Å². The zero-order chi connectivity index (χ0) is 15.8. The first kappa shape index (κ1) is 17.4. The molecule has 0 fully saturated rings. The summed E-state index contributed by atoms with van der Waals surface area (Å²) >= 11 is 0. The van der Waals surface area contributed by atoms with Gasteiger partial charge < -0.3 is 14.9 Å². The van der Waals surface area contributed by atoms with Crippen LogP contribution in [0.2, 0.25) is 0 Å². The summed E-state index contributed by atoms with van der Waals surface area (Å²) in [5.74, 6) is -0.0382. The lowest BCUT2D eigenvalue weighted by molar-refractivity contribution is 0.0696. The van der Waals surface area contributed by atoms with Gasteiger partial charge >= 0.3 is 5.97 Å². The second-order valence-electron chi connectivity index (χ2n) is 5.13. The van der Waals surface area contributed by atoms with Gasteiger partial charge in [0.05, 0.1) is 5.56 Å². The number of hydrogen-bond donors (Lipinski definition) is 1. The standard InChI is InChI=1S/C16H27N3O2/c1-5-18(6-2)9-8-10-19(7-3)15-13(4)11-14(12-17-15)16(20)21/h11-12H,5-10H2,1-4H3,(H,20,21). The molecule has 1 heterocycles. The first-order chi connectivity index (χ1) is 10.0. The minimum Gasteiger partial charge on any atom is -0.478 e. The molecular formula is C16H27N3O2. The Balaban J connectivity index is 2.69. The molecule has 0 aliphatic heterocycles. The Hall–Kier alpha value is -1.62. The maximum absolute atomic E-state index is 11.0. The summed E-state index contributed by atoms with van der Waals surface area (Å²) in [7, 11) is 0. The third kappa shape index (κ3) is 5.01. The molecule has 5 heteroatoms. The van der Waals surface area contributed by atoms with Crippen LogP contribution < -0.4 is 4.90 Å². The lowest BCUT2D eigenvalue weighted by Crippen LogP contribution is -2.30. The molecule has 1 aromatic heterocycles. The molecule has 118 valence electrons. The number of anilines is 1. The molecule has 0 saturated carbocycles. The predicted octanol–water partition coefficient (Wildman–Crippen LogP) is 2.65. The molecule has 0 bridgehead atoms. The zero-order valence-electron chi connectivity index (χ0n) is 13.6. The normalized spacial score (nSPS) is 10.9. The summed E-state index contributed by atoms with van der Waals surface area (Å²) in [6.45, 7) is 13.4. The van der Waals surface area contributed by atoms with Crippen LogP contribution in [0.1, 0.15) is 43.1 Å². The summed E-state index contributed by atoms with van der Waals surface area (Å²) < 4.78 is 0. The van der Waals surface area contributed by atoms with Crippen molar-refractivity contribution >= 4 is 11.8 Å². The summed E-state index contributed by atoms with van der Waals surface area (Å²) in [4.78, 5) is 19.9. The van der Waals surface area contributed by atoms with Gasteiger partial charge in [-0.05, 0) is 51.5 Å². The number of carboxylic acid groups (broad SMARTS) is 1. The molecule has 0 unspecified atom stereocenters. The first-order valence-corrected chi connectivity index (χ1v) is 7.70. The van der Waals surface area contributed by atoms with Gasteiger partial charge in [-0.2, -0.15) is 0 Å². The summed E-state index contributed by atoms with van der Waals surface area (Å²) in [6.07, 6.45) is 2.52. The van der Waals surface area contributed by atoms with Crippen molar-refractivity contribution in [1.82, 2.24) is 9.88 Å². The van der Waals surface area contributed by atoms with Gasteiger partial charge in [0.25, 0.3) is 0 Å². The summed E-state index contributed by atoms with van der Waals surface area (Å²) in [5, 5.41) is 8.99. The van der Waals surface area contributed by atoms with Crippen LogP contribution in [0.4, 0.5) is 5.82 Å². The van der Waals surface area contributed by atoms with E-state index in [1.54, 1.807) is 6.07 Å². The number of rotatable bonds is 9. The van der Waals surface area contributed by atoms with Crippen molar-refractivity contribution in [3.05, 3.63) is 23.4 Å². The highest BCUT2D eigenvalue weighted by Gasteiger charge is 2.12. The summed E-state index contributed by atoms with van der Waals surface area (Å²) in [5.41, 5.74) is 1.16. The van der Waals surface area contributed by atoms with E-state index < -0.39 is 5.97 Å². The third-order valence-corrected chi connectivity index (χ3v) is 3.78. The minimum atomic E-state index is -0.929. The summed E-state index contributed by atoms with van der Waals surface area (Å²) in [6, 6.07) is 1.69. The molecule has 1 N–H and O–H groups in total. The third-order valence-electron chi connectivity index (χ3n) is 3.78. The largest absolute Gasteiger partial charge is 0.478 e. The van der Waals surface area contributed by atoms with E-state index in [0.717, 1.165) is 50.5 Å².